The molecule has 0 saturated carbocycles. The van der Waals surface area contributed by atoms with Gasteiger partial charge in [0.05, 0.1) is 10.6 Å². The van der Waals surface area contributed by atoms with Crippen molar-refractivity contribution in [2.45, 2.75) is 0 Å². The van der Waals surface area contributed by atoms with Gasteiger partial charge in [0.25, 0.3) is 0 Å². The highest BCUT2D eigenvalue weighted by Gasteiger charge is 2.13. The Hall–Kier alpha value is -1.36. The largest absolute Gasteiger partial charge is 0.375 e. The summed E-state index contributed by atoms with van der Waals surface area (Å²) in [5, 5.41) is 5.43. The van der Waals surface area contributed by atoms with Crippen LogP contribution in [0.5, 0.6) is 0 Å². The zero-order chi connectivity index (χ0) is 12.5. The molecule has 1 aromatic carbocycles. The summed E-state index contributed by atoms with van der Waals surface area (Å²) in [6.07, 6.45) is 0. The van der Waals surface area contributed by atoms with Crippen LogP contribution in [0.3, 0.4) is 0 Å². The van der Waals surface area contributed by atoms with E-state index in [9.17, 15) is 0 Å². The van der Waals surface area contributed by atoms with Crippen molar-refractivity contribution in [1.82, 2.24) is 4.98 Å². The van der Waals surface area contributed by atoms with Crippen molar-refractivity contribution in [2.24, 2.45) is 0 Å². The highest BCUT2D eigenvalue weighted by molar-refractivity contribution is 7.19. The van der Waals surface area contributed by atoms with E-state index in [4.69, 9.17) is 17.3 Å². The fourth-order valence-electron chi connectivity index (χ4n) is 1.73. The molecule has 2 N–H and O–H groups in total. The molecular weight excluding hydrogens is 284 g/mol. The van der Waals surface area contributed by atoms with Crippen molar-refractivity contribution >= 4 is 39.4 Å². The van der Waals surface area contributed by atoms with Gasteiger partial charge in [-0.1, -0.05) is 35.1 Å². The predicted molar refractivity (Wildman–Crippen MR) is 80.3 cm³/mol. The van der Waals surface area contributed by atoms with Crippen LogP contribution in [0.15, 0.2) is 41.1 Å². The summed E-state index contributed by atoms with van der Waals surface area (Å²) in [5.74, 6) is 0. The smallest absolute Gasteiger partial charge is 0.181 e. The first-order chi connectivity index (χ1) is 8.74. The normalized spacial score (nSPS) is 10.7. The molecule has 0 unspecified atom stereocenters. The summed E-state index contributed by atoms with van der Waals surface area (Å²) in [6.45, 7) is 0. The number of nitrogens with two attached hydrogens (primary N) is 1. The number of nitrogen functional groups attached to an aromatic ring is 1. The predicted octanol–water partition coefficient (Wildman–Crippen LogP) is 4.77. The van der Waals surface area contributed by atoms with Crippen LogP contribution in [0.4, 0.5) is 5.13 Å². The molecule has 0 spiro atoms. The average Bonchev–Trinajstić information content (AvgIpc) is 2.98. The number of anilines is 1. The number of halogens is 1. The topological polar surface area (TPSA) is 38.9 Å². The first-order valence-electron chi connectivity index (χ1n) is 5.29. The van der Waals surface area contributed by atoms with Gasteiger partial charge in [-0.05, 0) is 29.1 Å². The third-order valence-corrected chi connectivity index (χ3v) is 4.41. The van der Waals surface area contributed by atoms with Gasteiger partial charge in [-0.15, -0.1) is 0 Å². The molecule has 18 heavy (non-hydrogen) atoms. The van der Waals surface area contributed by atoms with Gasteiger partial charge >= 0.3 is 0 Å². The van der Waals surface area contributed by atoms with E-state index in [1.165, 1.54) is 11.3 Å². The first kappa shape index (κ1) is 11.7. The number of aromatic nitrogens is 1. The van der Waals surface area contributed by atoms with Crippen molar-refractivity contribution in [1.29, 1.82) is 0 Å². The molecule has 0 fully saturated rings. The number of nitrogens with zero attached hydrogens (tertiary/aromatic N) is 1. The highest BCUT2D eigenvalue weighted by atomic mass is 35.5. The molecule has 0 atom stereocenters. The second kappa shape index (κ2) is 4.72. The van der Waals surface area contributed by atoms with Gasteiger partial charge in [0, 0.05) is 16.0 Å². The highest BCUT2D eigenvalue weighted by Crippen LogP contribution is 2.38. The minimum atomic E-state index is 0.584. The van der Waals surface area contributed by atoms with Crippen LogP contribution >= 0.6 is 34.3 Å². The van der Waals surface area contributed by atoms with Crippen LogP contribution in [-0.2, 0) is 0 Å². The van der Waals surface area contributed by atoms with Gasteiger partial charge in [0.1, 0.15) is 0 Å². The lowest BCUT2D eigenvalue weighted by molar-refractivity contribution is 1.42. The number of thiophene rings is 1. The van der Waals surface area contributed by atoms with Gasteiger partial charge in [0.2, 0.25) is 0 Å². The molecule has 0 bridgehead atoms. The summed E-state index contributed by atoms with van der Waals surface area (Å²) in [6, 6.07) is 9.79. The number of hydrogen-bond donors (Lipinski definition) is 1. The van der Waals surface area contributed by atoms with Crippen molar-refractivity contribution in [3.63, 3.8) is 0 Å². The maximum atomic E-state index is 5.91. The Morgan fingerprint density at radius 3 is 2.50 bits per heavy atom. The van der Waals surface area contributed by atoms with Crippen LogP contribution < -0.4 is 5.73 Å². The standard InChI is InChI=1S/C13H9ClN2S2/c14-10-3-1-8(2-4-10)12-11(16-13(15)18-12)9-5-6-17-7-9/h1-7H,(H2,15,16). The lowest BCUT2D eigenvalue weighted by Gasteiger charge is -2.00. The fourth-order valence-corrected chi connectivity index (χ4v) is 3.36. The van der Waals surface area contributed by atoms with Crippen LogP contribution in [0.2, 0.25) is 5.02 Å². The van der Waals surface area contributed by atoms with E-state index < -0.39 is 0 Å². The lowest BCUT2D eigenvalue weighted by Crippen LogP contribution is -1.82. The minimum absolute atomic E-state index is 0.584. The van der Waals surface area contributed by atoms with Crippen molar-refractivity contribution < 1.29 is 0 Å². The average molecular weight is 293 g/mol. The van der Waals surface area contributed by atoms with Crippen LogP contribution in [0.1, 0.15) is 0 Å². The van der Waals surface area contributed by atoms with Crippen LogP contribution in [0.25, 0.3) is 21.7 Å². The van der Waals surface area contributed by atoms with Gasteiger partial charge in [-0.2, -0.15) is 11.3 Å². The summed E-state index contributed by atoms with van der Waals surface area (Å²) >= 11 is 9.06. The van der Waals surface area contributed by atoms with Gasteiger partial charge in [-0.3, -0.25) is 0 Å². The Morgan fingerprint density at radius 1 is 1.06 bits per heavy atom. The molecule has 5 heteroatoms. The Morgan fingerprint density at radius 2 is 1.83 bits per heavy atom. The zero-order valence-electron chi connectivity index (χ0n) is 9.26. The van der Waals surface area contributed by atoms with Crippen LogP contribution in [0, 0.1) is 0 Å². The molecule has 2 heterocycles. The second-order valence-corrected chi connectivity index (χ2v) is 6.00. The Labute approximate surface area is 118 Å². The molecule has 2 aromatic heterocycles. The fraction of sp³-hybridized carbons (Fsp3) is 0. The molecule has 0 saturated heterocycles. The molecule has 0 aliphatic heterocycles. The summed E-state index contributed by atoms with van der Waals surface area (Å²) in [7, 11) is 0. The molecule has 2 nitrogen and oxygen atoms in total. The molecule has 0 radical (unpaired) electrons. The third kappa shape index (κ3) is 2.14. The monoisotopic (exact) mass is 292 g/mol. The van der Waals surface area contributed by atoms with Crippen molar-refractivity contribution in [3.05, 3.63) is 46.1 Å². The molecule has 90 valence electrons. The Balaban J connectivity index is 2.15. The van der Waals surface area contributed by atoms with Gasteiger partial charge in [-0.25, -0.2) is 4.98 Å². The van der Waals surface area contributed by atoms with Crippen molar-refractivity contribution in [3.8, 4) is 21.7 Å². The quantitative estimate of drug-likeness (QED) is 0.738. The minimum Gasteiger partial charge on any atom is -0.375 e. The maximum absolute atomic E-state index is 5.91. The third-order valence-electron chi connectivity index (χ3n) is 2.54. The van der Waals surface area contributed by atoms with Gasteiger partial charge < -0.3 is 5.73 Å². The van der Waals surface area contributed by atoms with E-state index in [1.807, 2.05) is 29.6 Å². The molecular formula is C13H9ClN2S2. The molecule has 0 amide bonds. The SMILES string of the molecule is Nc1nc(-c2ccsc2)c(-c2ccc(Cl)cc2)s1. The molecule has 3 rings (SSSR count). The number of benzene rings is 1. The Kier molecular flexibility index (Phi) is 3.07. The van der Waals surface area contributed by atoms with E-state index in [2.05, 4.69) is 16.4 Å². The molecule has 0 aliphatic carbocycles. The first-order valence-corrected chi connectivity index (χ1v) is 7.42. The van der Waals surface area contributed by atoms with Crippen molar-refractivity contribution in [2.75, 3.05) is 5.73 Å². The second-order valence-electron chi connectivity index (χ2n) is 3.75. The maximum Gasteiger partial charge on any atom is 0.181 e. The van der Waals surface area contributed by atoms with Gasteiger partial charge in [0.15, 0.2) is 5.13 Å². The number of thiazole rings is 1. The van der Waals surface area contributed by atoms with E-state index in [0.29, 0.717) is 5.13 Å². The van der Waals surface area contributed by atoms with E-state index >= 15 is 0 Å². The summed E-state index contributed by atoms with van der Waals surface area (Å²) < 4.78 is 0. The lowest BCUT2D eigenvalue weighted by atomic mass is 10.1. The van der Waals surface area contributed by atoms with E-state index in [-0.39, 0.29) is 0 Å². The van der Waals surface area contributed by atoms with E-state index in [1.54, 1.807) is 11.3 Å². The van der Waals surface area contributed by atoms with Crippen LogP contribution in [-0.4, -0.2) is 4.98 Å². The molecule has 3 aromatic rings. The summed E-state index contributed by atoms with van der Waals surface area (Å²) in [5.41, 5.74) is 8.98. The Bertz CT molecular complexity index is 657. The van der Waals surface area contributed by atoms with E-state index in [0.717, 1.165) is 26.7 Å². The number of hydrogen-bond acceptors (Lipinski definition) is 4. The number of rotatable bonds is 2. The zero-order valence-corrected chi connectivity index (χ0v) is 11.6. The molecule has 0 aliphatic rings. The summed E-state index contributed by atoms with van der Waals surface area (Å²) in [4.78, 5) is 5.51.